The minimum Gasteiger partial charge on any atom is -0.478 e. The van der Waals surface area contributed by atoms with Gasteiger partial charge in [-0.05, 0) is 41.7 Å². The Bertz CT molecular complexity index is 1010. The molecule has 7 nitrogen and oxygen atoms in total. The van der Waals surface area contributed by atoms with Crippen molar-refractivity contribution >= 4 is 5.97 Å². The number of aromatic amines is 1. The number of nitrogens with zero attached hydrogens (tertiary/aromatic N) is 3. The molecule has 0 radical (unpaired) electrons. The number of H-pyrrole nitrogens is 1. The second-order valence-corrected chi connectivity index (χ2v) is 7.68. The van der Waals surface area contributed by atoms with Gasteiger partial charge >= 0.3 is 5.97 Å². The van der Waals surface area contributed by atoms with Crippen molar-refractivity contribution in [2.24, 2.45) is 5.41 Å². The van der Waals surface area contributed by atoms with Crippen molar-refractivity contribution < 1.29 is 9.90 Å². The Morgan fingerprint density at radius 2 is 1.89 bits per heavy atom. The molecule has 3 heterocycles. The second kappa shape index (κ2) is 7.19. The lowest BCUT2D eigenvalue weighted by Gasteiger charge is -2.19. The van der Waals surface area contributed by atoms with Crippen LogP contribution in [0.5, 0.6) is 0 Å². The highest BCUT2D eigenvalue weighted by Crippen LogP contribution is 2.22. The third-order valence-electron chi connectivity index (χ3n) is 4.11. The van der Waals surface area contributed by atoms with Crippen LogP contribution in [0.1, 0.15) is 48.0 Å². The number of pyridine rings is 2. The molecule has 7 heteroatoms. The maximum atomic E-state index is 12.7. The summed E-state index contributed by atoms with van der Waals surface area (Å²) in [6.45, 7) is 6.04. The molecule has 0 bridgehead atoms. The molecule has 3 aromatic heterocycles. The molecule has 0 aromatic carbocycles. The maximum absolute atomic E-state index is 12.7. The Kier molecular flexibility index (Phi) is 4.94. The number of hydrogen-bond acceptors (Lipinski definition) is 4. The lowest BCUT2D eigenvalue weighted by atomic mass is 9.89. The summed E-state index contributed by atoms with van der Waals surface area (Å²) >= 11 is 0. The predicted molar refractivity (Wildman–Crippen MR) is 101 cm³/mol. The molecule has 0 unspecified atom stereocenters. The zero-order valence-electron chi connectivity index (χ0n) is 15.6. The van der Waals surface area contributed by atoms with Gasteiger partial charge in [0.2, 0.25) is 0 Å². The van der Waals surface area contributed by atoms with Crippen LogP contribution in [0.3, 0.4) is 0 Å². The Labute approximate surface area is 156 Å². The number of aromatic carboxylic acids is 1. The van der Waals surface area contributed by atoms with Crippen LogP contribution in [-0.2, 0) is 12.8 Å². The summed E-state index contributed by atoms with van der Waals surface area (Å²) in [6, 6.07) is 6.77. The Morgan fingerprint density at radius 3 is 2.52 bits per heavy atom. The van der Waals surface area contributed by atoms with E-state index in [2.05, 4.69) is 15.1 Å². The van der Waals surface area contributed by atoms with E-state index >= 15 is 0 Å². The average molecular weight is 366 g/mol. The summed E-state index contributed by atoms with van der Waals surface area (Å²) in [5, 5.41) is 12.4. The zero-order valence-corrected chi connectivity index (χ0v) is 15.6. The minimum atomic E-state index is -1.02. The first kappa shape index (κ1) is 18.6. The van der Waals surface area contributed by atoms with Crippen molar-refractivity contribution in [1.29, 1.82) is 0 Å². The maximum Gasteiger partial charge on any atom is 0.337 e. The van der Waals surface area contributed by atoms with E-state index in [1.165, 1.54) is 10.7 Å². The van der Waals surface area contributed by atoms with E-state index in [1.807, 2.05) is 32.9 Å². The fourth-order valence-corrected chi connectivity index (χ4v) is 2.87. The largest absolute Gasteiger partial charge is 0.478 e. The minimum absolute atomic E-state index is 0.136. The van der Waals surface area contributed by atoms with Gasteiger partial charge in [-0.25, -0.2) is 14.5 Å². The molecule has 27 heavy (non-hydrogen) atoms. The van der Waals surface area contributed by atoms with E-state index in [1.54, 1.807) is 24.7 Å². The van der Waals surface area contributed by atoms with Crippen molar-refractivity contribution in [3.8, 4) is 5.82 Å². The fourth-order valence-electron chi connectivity index (χ4n) is 2.87. The number of carbonyl (C=O) groups is 1. The van der Waals surface area contributed by atoms with Crippen molar-refractivity contribution in [3.05, 3.63) is 75.6 Å². The Balaban J connectivity index is 1.98. The van der Waals surface area contributed by atoms with Gasteiger partial charge in [-0.1, -0.05) is 20.8 Å². The van der Waals surface area contributed by atoms with E-state index in [9.17, 15) is 14.7 Å². The van der Waals surface area contributed by atoms with Crippen LogP contribution < -0.4 is 5.56 Å². The standard InChI is InChI=1S/C20H22N4O3/c1-20(2,3)11-16-15(19(26)27)4-5-17(23-16)24-18(25)14(12-22-24)10-13-6-8-21-9-7-13/h4-9,12,22H,10-11H2,1-3H3,(H,26,27). The molecule has 140 valence electrons. The smallest absolute Gasteiger partial charge is 0.337 e. The molecule has 0 saturated carbocycles. The van der Waals surface area contributed by atoms with Gasteiger partial charge in [0.1, 0.15) is 0 Å². The van der Waals surface area contributed by atoms with Gasteiger partial charge in [-0.15, -0.1) is 0 Å². The highest BCUT2D eigenvalue weighted by atomic mass is 16.4. The number of nitrogens with one attached hydrogen (secondary N) is 1. The van der Waals surface area contributed by atoms with Crippen LogP contribution in [0.15, 0.2) is 47.7 Å². The molecule has 0 amide bonds. The molecule has 2 N–H and O–H groups in total. The molecule has 0 spiro atoms. The monoisotopic (exact) mass is 366 g/mol. The highest BCUT2D eigenvalue weighted by molar-refractivity contribution is 5.89. The second-order valence-electron chi connectivity index (χ2n) is 7.68. The van der Waals surface area contributed by atoms with Crippen LogP contribution in [0.2, 0.25) is 0 Å². The van der Waals surface area contributed by atoms with Gasteiger partial charge in [-0.2, -0.15) is 0 Å². The summed E-state index contributed by atoms with van der Waals surface area (Å²) in [4.78, 5) is 32.7. The molecule has 0 aliphatic heterocycles. The number of rotatable bonds is 5. The average Bonchev–Trinajstić information content (AvgIpc) is 2.95. The van der Waals surface area contributed by atoms with Gasteiger partial charge in [-0.3, -0.25) is 14.9 Å². The van der Waals surface area contributed by atoms with E-state index in [0.717, 1.165) is 5.56 Å². The molecule has 0 aliphatic carbocycles. The highest BCUT2D eigenvalue weighted by Gasteiger charge is 2.20. The van der Waals surface area contributed by atoms with Crippen molar-refractivity contribution in [2.75, 3.05) is 0 Å². The summed E-state index contributed by atoms with van der Waals surface area (Å²) in [7, 11) is 0. The Hall–Kier alpha value is -3.22. The normalized spacial score (nSPS) is 11.5. The molecule has 0 aliphatic rings. The summed E-state index contributed by atoms with van der Waals surface area (Å²) in [5.41, 5.74) is 1.86. The van der Waals surface area contributed by atoms with Crippen LogP contribution >= 0.6 is 0 Å². The third-order valence-corrected chi connectivity index (χ3v) is 4.11. The SMILES string of the molecule is CC(C)(C)Cc1nc(-n2[nH]cc(Cc3ccncc3)c2=O)ccc1C(=O)O. The summed E-state index contributed by atoms with van der Waals surface area (Å²) in [6.07, 6.45) is 5.99. The molecular formula is C20H22N4O3. The topological polar surface area (TPSA) is 101 Å². The lowest BCUT2D eigenvalue weighted by Crippen LogP contribution is -2.21. The van der Waals surface area contributed by atoms with E-state index < -0.39 is 5.97 Å². The van der Waals surface area contributed by atoms with Crippen molar-refractivity contribution in [1.82, 2.24) is 19.7 Å². The predicted octanol–water partition coefficient (Wildman–Crippen LogP) is 2.83. The summed E-state index contributed by atoms with van der Waals surface area (Å²) < 4.78 is 1.34. The van der Waals surface area contributed by atoms with Gasteiger partial charge in [0.25, 0.3) is 5.56 Å². The van der Waals surface area contributed by atoms with Gasteiger partial charge in [0.15, 0.2) is 5.82 Å². The van der Waals surface area contributed by atoms with E-state index in [4.69, 9.17) is 0 Å². The van der Waals surface area contributed by atoms with Gasteiger partial charge < -0.3 is 5.11 Å². The van der Waals surface area contributed by atoms with Gasteiger partial charge in [0, 0.05) is 30.6 Å². The number of carboxylic acid groups (broad SMARTS) is 1. The first-order valence-electron chi connectivity index (χ1n) is 8.66. The lowest BCUT2D eigenvalue weighted by molar-refractivity contribution is 0.0694. The first-order valence-corrected chi connectivity index (χ1v) is 8.66. The van der Waals surface area contributed by atoms with Crippen molar-refractivity contribution in [2.45, 2.75) is 33.6 Å². The number of aromatic nitrogens is 4. The fraction of sp³-hybridized carbons (Fsp3) is 0.300. The molecule has 0 fully saturated rings. The van der Waals surface area contributed by atoms with Crippen LogP contribution in [0.25, 0.3) is 5.82 Å². The van der Waals surface area contributed by atoms with Crippen LogP contribution in [-0.4, -0.2) is 30.8 Å². The molecule has 3 aromatic rings. The number of hydrogen-bond donors (Lipinski definition) is 2. The zero-order chi connectivity index (χ0) is 19.6. The van der Waals surface area contributed by atoms with Crippen LogP contribution in [0.4, 0.5) is 0 Å². The summed E-state index contributed by atoms with van der Waals surface area (Å²) in [5.74, 6) is -0.643. The third kappa shape index (κ3) is 4.31. The quantitative estimate of drug-likeness (QED) is 0.723. The molecule has 3 rings (SSSR count). The Morgan fingerprint density at radius 1 is 1.19 bits per heavy atom. The van der Waals surface area contributed by atoms with Crippen LogP contribution in [0, 0.1) is 5.41 Å². The molecular weight excluding hydrogens is 344 g/mol. The molecule has 0 saturated heterocycles. The van der Waals surface area contributed by atoms with Gasteiger partial charge in [0.05, 0.1) is 11.3 Å². The first-order chi connectivity index (χ1) is 12.7. The van der Waals surface area contributed by atoms with Crippen molar-refractivity contribution in [3.63, 3.8) is 0 Å². The number of carboxylic acids is 1. The van der Waals surface area contributed by atoms with E-state index in [0.29, 0.717) is 29.9 Å². The molecule has 0 atom stereocenters. The van der Waals surface area contributed by atoms with E-state index in [-0.39, 0.29) is 16.5 Å².